The quantitative estimate of drug-likeness (QED) is 0.445. The number of ether oxygens (including phenoxy) is 1. The molecule has 2 aromatic rings. The largest absolute Gasteiger partial charge is 0.492 e. The van der Waals surface area contributed by atoms with E-state index in [1.54, 1.807) is 18.0 Å². The van der Waals surface area contributed by atoms with Crippen molar-refractivity contribution in [2.24, 2.45) is 5.84 Å². The Kier molecular flexibility index (Phi) is 6.53. The Morgan fingerprint density at radius 1 is 1.29 bits per heavy atom. The average molecular weight is 303 g/mol. The van der Waals surface area contributed by atoms with Crippen LogP contribution in [0.4, 0.5) is 0 Å². The topological polar surface area (TPSA) is 60.2 Å². The number of pyridine rings is 1. The summed E-state index contributed by atoms with van der Waals surface area (Å²) in [6, 6.07) is 12.3. The van der Waals surface area contributed by atoms with Gasteiger partial charge in [-0.1, -0.05) is 25.1 Å². The highest BCUT2D eigenvalue weighted by Gasteiger charge is 2.11. The van der Waals surface area contributed by atoms with Crippen LogP contribution < -0.4 is 16.0 Å². The first-order valence-electron chi connectivity index (χ1n) is 7.05. The number of nitrogens with one attached hydrogen (secondary N) is 1. The van der Waals surface area contributed by atoms with Gasteiger partial charge in [-0.05, 0) is 30.2 Å². The molecule has 112 valence electrons. The predicted octanol–water partition coefficient (Wildman–Crippen LogP) is 3.17. The van der Waals surface area contributed by atoms with Gasteiger partial charge < -0.3 is 4.74 Å². The summed E-state index contributed by atoms with van der Waals surface area (Å²) in [5, 5.41) is 0. The molecule has 3 N–H and O–H groups in total. The Morgan fingerprint density at radius 2 is 2.10 bits per heavy atom. The first kappa shape index (κ1) is 15.8. The molecule has 0 amide bonds. The van der Waals surface area contributed by atoms with E-state index in [1.165, 1.54) is 4.90 Å². The number of hydrogen-bond acceptors (Lipinski definition) is 5. The molecular weight excluding hydrogens is 282 g/mol. The molecule has 1 atom stereocenters. The van der Waals surface area contributed by atoms with Gasteiger partial charge in [0.25, 0.3) is 0 Å². The van der Waals surface area contributed by atoms with Gasteiger partial charge in [-0.2, -0.15) is 0 Å². The van der Waals surface area contributed by atoms with Gasteiger partial charge in [-0.15, -0.1) is 11.8 Å². The Bertz CT molecular complexity index is 536. The number of hydrazine groups is 1. The number of aromatic nitrogens is 1. The standard InChI is InChI=1S/C16H21N3OS/c1-2-8-20-14-9-13(10-18-11-14)16(19-17)12-21-15-6-4-3-5-7-15/h3-7,9-11,16,19H,2,8,12,17H2,1H3. The van der Waals surface area contributed by atoms with E-state index >= 15 is 0 Å². The van der Waals surface area contributed by atoms with Crippen LogP contribution in [0.5, 0.6) is 5.75 Å². The number of thioether (sulfide) groups is 1. The average Bonchev–Trinajstić information content (AvgIpc) is 2.55. The van der Waals surface area contributed by atoms with Crippen LogP contribution in [-0.4, -0.2) is 17.3 Å². The van der Waals surface area contributed by atoms with E-state index in [-0.39, 0.29) is 6.04 Å². The number of nitrogens with zero attached hydrogens (tertiary/aromatic N) is 1. The second-order valence-electron chi connectivity index (χ2n) is 4.65. The molecule has 0 aliphatic carbocycles. The van der Waals surface area contributed by atoms with Crippen molar-refractivity contribution in [1.82, 2.24) is 10.4 Å². The molecule has 0 radical (unpaired) electrons. The summed E-state index contributed by atoms with van der Waals surface area (Å²) in [7, 11) is 0. The molecule has 1 aromatic heterocycles. The fourth-order valence-electron chi connectivity index (χ4n) is 1.86. The lowest BCUT2D eigenvalue weighted by molar-refractivity contribution is 0.315. The molecule has 0 saturated carbocycles. The van der Waals surface area contributed by atoms with Crippen LogP contribution >= 0.6 is 11.8 Å². The molecule has 2 rings (SSSR count). The molecule has 5 heteroatoms. The fourth-order valence-corrected chi connectivity index (χ4v) is 2.86. The Balaban J connectivity index is 1.99. The monoisotopic (exact) mass is 303 g/mol. The molecule has 0 spiro atoms. The van der Waals surface area contributed by atoms with Crippen molar-refractivity contribution in [2.75, 3.05) is 12.4 Å². The molecule has 4 nitrogen and oxygen atoms in total. The molecule has 21 heavy (non-hydrogen) atoms. The molecule has 1 heterocycles. The maximum absolute atomic E-state index is 5.69. The minimum atomic E-state index is 0.0351. The first-order valence-corrected chi connectivity index (χ1v) is 8.03. The Hall–Kier alpha value is -1.56. The zero-order valence-electron chi connectivity index (χ0n) is 12.2. The highest BCUT2D eigenvalue weighted by molar-refractivity contribution is 7.99. The molecule has 1 unspecified atom stereocenters. The third kappa shape index (κ3) is 5.04. The number of benzene rings is 1. The van der Waals surface area contributed by atoms with Crippen LogP contribution in [-0.2, 0) is 0 Å². The predicted molar refractivity (Wildman–Crippen MR) is 87.3 cm³/mol. The van der Waals surface area contributed by atoms with Gasteiger partial charge in [0.15, 0.2) is 0 Å². The van der Waals surface area contributed by atoms with Gasteiger partial charge in [0.1, 0.15) is 5.75 Å². The molecule has 0 aliphatic rings. The van der Waals surface area contributed by atoms with Crippen molar-refractivity contribution in [2.45, 2.75) is 24.3 Å². The van der Waals surface area contributed by atoms with E-state index in [2.05, 4.69) is 29.5 Å². The highest BCUT2D eigenvalue weighted by atomic mass is 32.2. The molecule has 0 aliphatic heterocycles. The molecule has 0 bridgehead atoms. The van der Waals surface area contributed by atoms with Crippen molar-refractivity contribution in [3.8, 4) is 5.75 Å². The van der Waals surface area contributed by atoms with Gasteiger partial charge >= 0.3 is 0 Å². The van der Waals surface area contributed by atoms with E-state index in [1.807, 2.05) is 30.5 Å². The number of rotatable bonds is 8. The third-order valence-corrected chi connectivity index (χ3v) is 4.08. The lowest BCUT2D eigenvalue weighted by Gasteiger charge is -2.16. The summed E-state index contributed by atoms with van der Waals surface area (Å²) in [5.41, 5.74) is 3.89. The van der Waals surface area contributed by atoms with Crippen molar-refractivity contribution in [1.29, 1.82) is 0 Å². The van der Waals surface area contributed by atoms with Crippen LogP contribution in [0.1, 0.15) is 24.9 Å². The molecule has 1 aromatic carbocycles. The van der Waals surface area contributed by atoms with Crippen molar-refractivity contribution < 1.29 is 4.74 Å². The maximum Gasteiger partial charge on any atom is 0.137 e. The summed E-state index contributed by atoms with van der Waals surface area (Å²) in [5.74, 6) is 7.31. The molecular formula is C16H21N3OS. The second-order valence-corrected chi connectivity index (χ2v) is 5.74. The minimum absolute atomic E-state index is 0.0351. The lowest BCUT2D eigenvalue weighted by atomic mass is 10.1. The van der Waals surface area contributed by atoms with Gasteiger partial charge in [0, 0.05) is 16.8 Å². The zero-order chi connectivity index (χ0) is 14.9. The van der Waals surface area contributed by atoms with Crippen molar-refractivity contribution >= 4 is 11.8 Å². The summed E-state index contributed by atoms with van der Waals surface area (Å²) in [6.07, 6.45) is 4.54. The second kappa shape index (κ2) is 8.67. The minimum Gasteiger partial charge on any atom is -0.492 e. The van der Waals surface area contributed by atoms with Crippen LogP contribution in [0.15, 0.2) is 53.7 Å². The van der Waals surface area contributed by atoms with Crippen LogP contribution in [0.2, 0.25) is 0 Å². The van der Waals surface area contributed by atoms with Gasteiger partial charge in [0.2, 0.25) is 0 Å². The first-order chi connectivity index (χ1) is 10.3. The molecule has 0 saturated heterocycles. The van der Waals surface area contributed by atoms with Gasteiger partial charge in [-0.3, -0.25) is 16.3 Å². The summed E-state index contributed by atoms with van der Waals surface area (Å²) in [6.45, 7) is 2.78. The van der Waals surface area contributed by atoms with E-state index in [4.69, 9.17) is 10.6 Å². The van der Waals surface area contributed by atoms with Crippen LogP contribution in [0.25, 0.3) is 0 Å². The van der Waals surface area contributed by atoms with E-state index in [9.17, 15) is 0 Å². The molecule has 0 fully saturated rings. The summed E-state index contributed by atoms with van der Waals surface area (Å²) < 4.78 is 5.62. The van der Waals surface area contributed by atoms with Crippen molar-refractivity contribution in [3.05, 3.63) is 54.4 Å². The smallest absolute Gasteiger partial charge is 0.137 e. The van der Waals surface area contributed by atoms with Crippen molar-refractivity contribution in [3.63, 3.8) is 0 Å². The van der Waals surface area contributed by atoms with Crippen LogP contribution in [0.3, 0.4) is 0 Å². The fraction of sp³-hybridized carbons (Fsp3) is 0.312. The summed E-state index contributed by atoms with van der Waals surface area (Å²) in [4.78, 5) is 5.46. The third-order valence-electron chi connectivity index (χ3n) is 2.97. The van der Waals surface area contributed by atoms with E-state index in [0.717, 1.165) is 23.5 Å². The number of hydrogen-bond donors (Lipinski definition) is 2. The highest BCUT2D eigenvalue weighted by Crippen LogP contribution is 2.25. The van der Waals surface area contributed by atoms with E-state index in [0.29, 0.717) is 6.61 Å². The summed E-state index contributed by atoms with van der Waals surface area (Å²) >= 11 is 1.76. The van der Waals surface area contributed by atoms with Crippen LogP contribution in [0, 0.1) is 0 Å². The van der Waals surface area contributed by atoms with Gasteiger partial charge in [-0.25, -0.2) is 0 Å². The number of nitrogens with two attached hydrogens (primary N) is 1. The SMILES string of the molecule is CCCOc1cncc(C(CSc2ccccc2)NN)c1. The normalized spacial score (nSPS) is 12.1. The Morgan fingerprint density at radius 3 is 2.81 bits per heavy atom. The maximum atomic E-state index is 5.69. The zero-order valence-corrected chi connectivity index (χ0v) is 13.0. The Labute approximate surface area is 130 Å². The van der Waals surface area contributed by atoms with Gasteiger partial charge in [0.05, 0.1) is 18.8 Å². The lowest BCUT2D eigenvalue weighted by Crippen LogP contribution is -2.29. The van der Waals surface area contributed by atoms with E-state index < -0.39 is 0 Å².